The molecule has 0 heterocycles. The van der Waals surface area contributed by atoms with Crippen LogP contribution >= 0.6 is 0 Å². The average Bonchev–Trinajstić information content (AvgIpc) is 1.93. The lowest BCUT2D eigenvalue weighted by atomic mass is 9.88. The summed E-state index contributed by atoms with van der Waals surface area (Å²) in [5.74, 6) is 0.385. The molecule has 0 saturated carbocycles. The number of sulfone groups is 1. The fourth-order valence-electron chi connectivity index (χ4n) is 1.02. The zero-order chi connectivity index (χ0) is 11.4. The van der Waals surface area contributed by atoms with Crippen molar-refractivity contribution in [2.24, 2.45) is 5.41 Å². The van der Waals surface area contributed by atoms with Gasteiger partial charge in [-0.25, -0.2) is 8.42 Å². The molecule has 0 aromatic heterocycles. The SMILES string of the molecule is CC(C)(C)C(=O)CCCCS(C)(=O)=O. The molecule has 0 aromatic carbocycles. The number of carbonyl (C=O) groups is 1. The van der Waals surface area contributed by atoms with E-state index in [1.165, 1.54) is 6.26 Å². The van der Waals surface area contributed by atoms with Crippen LogP contribution in [0.2, 0.25) is 0 Å². The number of ketones is 1. The van der Waals surface area contributed by atoms with Gasteiger partial charge in [-0.3, -0.25) is 4.79 Å². The third kappa shape index (κ3) is 7.06. The molecule has 0 saturated heterocycles. The summed E-state index contributed by atoms with van der Waals surface area (Å²) in [5.41, 5.74) is -0.301. The van der Waals surface area contributed by atoms with Gasteiger partial charge in [0, 0.05) is 23.8 Å². The second-order valence-corrected chi connectivity index (χ2v) is 7.02. The standard InChI is InChI=1S/C10H20O3S/c1-10(2,3)9(11)7-5-6-8-14(4,12)13/h5-8H2,1-4H3. The maximum atomic E-state index is 11.4. The summed E-state index contributed by atoms with van der Waals surface area (Å²) in [7, 11) is -2.87. The number of unbranched alkanes of at least 4 members (excludes halogenated alkanes) is 1. The van der Waals surface area contributed by atoms with E-state index >= 15 is 0 Å². The molecule has 0 bridgehead atoms. The smallest absolute Gasteiger partial charge is 0.147 e. The molecular weight excluding hydrogens is 200 g/mol. The predicted octanol–water partition coefficient (Wildman–Crippen LogP) is 1.82. The van der Waals surface area contributed by atoms with E-state index in [-0.39, 0.29) is 17.0 Å². The molecule has 0 unspecified atom stereocenters. The van der Waals surface area contributed by atoms with E-state index in [1.54, 1.807) is 0 Å². The van der Waals surface area contributed by atoms with Crippen LogP contribution in [0.4, 0.5) is 0 Å². The highest BCUT2D eigenvalue weighted by atomic mass is 32.2. The fourth-order valence-corrected chi connectivity index (χ4v) is 1.75. The first kappa shape index (κ1) is 13.6. The minimum Gasteiger partial charge on any atom is -0.299 e. The summed E-state index contributed by atoms with van der Waals surface area (Å²) in [5, 5.41) is 0. The highest BCUT2D eigenvalue weighted by Crippen LogP contribution is 2.18. The molecule has 3 nitrogen and oxygen atoms in total. The Bertz CT molecular complexity index is 283. The van der Waals surface area contributed by atoms with E-state index in [0.717, 1.165) is 0 Å². The van der Waals surface area contributed by atoms with Crippen molar-refractivity contribution in [2.45, 2.75) is 40.0 Å². The van der Waals surface area contributed by atoms with Crippen LogP contribution in [0.5, 0.6) is 0 Å². The molecule has 0 N–H and O–H groups in total. The van der Waals surface area contributed by atoms with Crippen molar-refractivity contribution in [3.63, 3.8) is 0 Å². The molecule has 0 radical (unpaired) electrons. The van der Waals surface area contributed by atoms with E-state index < -0.39 is 9.84 Å². The van der Waals surface area contributed by atoms with Crippen LogP contribution in [0.1, 0.15) is 40.0 Å². The molecule has 0 aliphatic rings. The molecule has 0 amide bonds. The topological polar surface area (TPSA) is 51.2 Å². The van der Waals surface area contributed by atoms with Crippen molar-refractivity contribution in [3.05, 3.63) is 0 Å². The molecule has 0 aromatic rings. The number of hydrogen-bond donors (Lipinski definition) is 0. The molecule has 0 spiro atoms. The van der Waals surface area contributed by atoms with E-state index in [0.29, 0.717) is 19.3 Å². The largest absolute Gasteiger partial charge is 0.299 e. The Hall–Kier alpha value is -0.380. The number of rotatable bonds is 5. The predicted molar refractivity (Wildman–Crippen MR) is 58.0 cm³/mol. The number of hydrogen-bond acceptors (Lipinski definition) is 3. The third-order valence-corrected chi connectivity index (χ3v) is 3.04. The van der Waals surface area contributed by atoms with Crippen LogP contribution in [-0.2, 0) is 14.6 Å². The Morgan fingerprint density at radius 3 is 2.00 bits per heavy atom. The minimum atomic E-state index is -2.87. The van der Waals surface area contributed by atoms with Gasteiger partial charge in [-0.1, -0.05) is 20.8 Å². The van der Waals surface area contributed by atoms with Gasteiger partial charge in [0.05, 0.1) is 0 Å². The van der Waals surface area contributed by atoms with Crippen molar-refractivity contribution in [1.29, 1.82) is 0 Å². The second kappa shape index (κ2) is 4.91. The maximum Gasteiger partial charge on any atom is 0.147 e. The van der Waals surface area contributed by atoms with E-state index in [1.807, 2.05) is 20.8 Å². The summed E-state index contributed by atoms with van der Waals surface area (Å²) in [6.07, 6.45) is 2.96. The summed E-state index contributed by atoms with van der Waals surface area (Å²) in [4.78, 5) is 11.4. The van der Waals surface area contributed by atoms with Crippen LogP contribution in [-0.4, -0.2) is 26.2 Å². The van der Waals surface area contributed by atoms with Gasteiger partial charge in [-0.05, 0) is 12.8 Å². The molecule has 4 heteroatoms. The van der Waals surface area contributed by atoms with Crippen molar-refractivity contribution < 1.29 is 13.2 Å². The average molecular weight is 220 g/mol. The molecule has 14 heavy (non-hydrogen) atoms. The fraction of sp³-hybridized carbons (Fsp3) is 0.900. The Balaban J connectivity index is 3.72. The first-order valence-corrected chi connectivity index (χ1v) is 6.90. The molecule has 0 fully saturated rings. The maximum absolute atomic E-state index is 11.4. The van der Waals surface area contributed by atoms with E-state index in [9.17, 15) is 13.2 Å². The minimum absolute atomic E-state index is 0.185. The van der Waals surface area contributed by atoms with Crippen molar-refractivity contribution in [2.75, 3.05) is 12.0 Å². The third-order valence-electron chi connectivity index (χ3n) is 2.01. The van der Waals surface area contributed by atoms with Crippen LogP contribution in [0.15, 0.2) is 0 Å². The highest BCUT2D eigenvalue weighted by Gasteiger charge is 2.20. The first-order chi connectivity index (χ1) is 6.13. The lowest BCUT2D eigenvalue weighted by molar-refractivity contribution is -0.126. The van der Waals surface area contributed by atoms with Gasteiger partial charge < -0.3 is 0 Å². The van der Waals surface area contributed by atoms with Gasteiger partial charge in [0.2, 0.25) is 0 Å². The van der Waals surface area contributed by atoms with Crippen LogP contribution in [0, 0.1) is 5.41 Å². The second-order valence-electron chi connectivity index (χ2n) is 4.76. The Labute approximate surface area is 86.8 Å². The zero-order valence-corrected chi connectivity index (χ0v) is 10.3. The molecule has 0 aliphatic carbocycles. The lowest BCUT2D eigenvalue weighted by Crippen LogP contribution is -2.19. The van der Waals surface area contributed by atoms with Gasteiger partial charge in [-0.15, -0.1) is 0 Å². The van der Waals surface area contributed by atoms with Crippen molar-refractivity contribution >= 4 is 15.6 Å². The molecule has 0 atom stereocenters. The Kier molecular flexibility index (Phi) is 4.78. The van der Waals surface area contributed by atoms with Crippen LogP contribution in [0.25, 0.3) is 0 Å². The quantitative estimate of drug-likeness (QED) is 0.664. The van der Waals surface area contributed by atoms with Gasteiger partial charge in [0.25, 0.3) is 0 Å². The lowest BCUT2D eigenvalue weighted by Gasteiger charge is -2.15. The normalized spacial score (nSPS) is 12.9. The van der Waals surface area contributed by atoms with Gasteiger partial charge in [0.1, 0.15) is 15.6 Å². The monoisotopic (exact) mass is 220 g/mol. The van der Waals surface area contributed by atoms with Gasteiger partial charge in [-0.2, -0.15) is 0 Å². The van der Waals surface area contributed by atoms with Crippen molar-refractivity contribution in [3.8, 4) is 0 Å². The van der Waals surface area contributed by atoms with Gasteiger partial charge in [0.15, 0.2) is 0 Å². The molecule has 0 aliphatic heterocycles. The summed E-state index contributed by atoms with van der Waals surface area (Å²) >= 11 is 0. The molecule has 84 valence electrons. The molecular formula is C10H20O3S. The van der Waals surface area contributed by atoms with E-state index in [2.05, 4.69) is 0 Å². The van der Waals surface area contributed by atoms with E-state index in [4.69, 9.17) is 0 Å². The summed E-state index contributed by atoms with van der Waals surface area (Å²) in [6, 6.07) is 0. The number of carbonyl (C=O) groups excluding carboxylic acids is 1. The number of Topliss-reactive ketones (excluding diaryl/α,β-unsaturated/α-hetero) is 1. The summed E-state index contributed by atoms with van der Waals surface area (Å²) in [6.45, 7) is 5.64. The summed E-state index contributed by atoms with van der Waals surface area (Å²) < 4.78 is 21.6. The van der Waals surface area contributed by atoms with Crippen LogP contribution in [0.3, 0.4) is 0 Å². The highest BCUT2D eigenvalue weighted by molar-refractivity contribution is 7.90. The van der Waals surface area contributed by atoms with Gasteiger partial charge >= 0.3 is 0 Å². The zero-order valence-electron chi connectivity index (χ0n) is 9.46. The first-order valence-electron chi connectivity index (χ1n) is 4.84. The van der Waals surface area contributed by atoms with Crippen molar-refractivity contribution in [1.82, 2.24) is 0 Å². The Morgan fingerprint density at radius 2 is 1.64 bits per heavy atom. The van der Waals surface area contributed by atoms with Crippen LogP contribution < -0.4 is 0 Å². The molecule has 0 rings (SSSR count). The Morgan fingerprint density at radius 1 is 1.14 bits per heavy atom.